The summed E-state index contributed by atoms with van der Waals surface area (Å²) >= 11 is 0. The van der Waals surface area contributed by atoms with E-state index in [0.29, 0.717) is 84.4 Å². The van der Waals surface area contributed by atoms with E-state index in [1.165, 1.54) is 84.7 Å². The standard InChI is InChI=1S/C26H30O2.C24H24O2.C20H28O2.C17H28O2.C12H18O3.C12H12O2/c1-25(2,20-12-8-6-9-13-20)22-16-19(18-28-5)24(27)23(17-22)26(3,4)21-14-10-7-11-15-21;25-24-22(19-9-3-1-4-10-19)15-18(17-26-21-13-7-8-14-21)16-23(24)20-11-5-2-6-12-20;1-3-22-12-17-4-13(2)5-18(19(17)21)20-9-14-6-15(10-20)8-16(7-14)11-20;1-7-16(3,4)13-9-12(11-18)15(19)14(10-13)17(5,6)8-2;1-6-7(2)12(14)10(9(4)15-5)8(3)11(6)13;1-14-8-9-6-7-12(13)11-5-3-2-4-10(9)11/h6-17,27H,18H2,1-5H3;1-6,9-12,15-16,21,25H,7-8,13-14,17H2;4-5,14-16,21H,3,6-12H2,1-2H3;9-10,18-19H,7-8,11H2,1-6H3;9,13-14H,1-5H3;2-7,13H,8H2,1H3. The molecule has 16 rings (SSSR count). The second-order valence-electron chi connectivity index (χ2n) is 37.3. The molecule has 8 N–H and O–H groups in total. The van der Waals surface area contributed by atoms with Gasteiger partial charge in [-0.3, -0.25) is 0 Å². The van der Waals surface area contributed by atoms with E-state index in [0.717, 1.165) is 115 Å². The van der Waals surface area contributed by atoms with Crippen molar-refractivity contribution in [2.24, 2.45) is 17.8 Å². The maximum atomic E-state index is 11.1. The van der Waals surface area contributed by atoms with Crippen LogP contribution < -0.4 is 0 Å². The molecule has 0 amide bonds. The van der Waals surface area contributed by atoms with Crippen molar-refractivity contribution in [1.29, 1.82) is 0 Å². The number of methoxy groups -OCH3 is 3. The van der Waals surface area contributed by atoms with Crippen LogP contribution in [0.4, 0.5) is 0 Å². The van der Waals surface area contributed by atoms with Crippen molar-refractivity contribution in [3.8, 4) is 62.5 Å². The van der Waals surface area contributed by atoms with E-state index in [1.54, 1.807) is 48.2 Å². The Bertz CT molecular complexity index is 5170. The normalized spacial score (nSPS) is 16.9. The molecule has 0 aliphatic heterocycles. The van der Waals surface area contributed by atoms with E-state index in [1.807, 2.05) is 135 Å². The lowest BCUT2D eigenvalue weighted by atomic mass is 9.48. The van der Waals surface area contributed by atoms with Gasteiger partial charge in [0.15, 0.2) is 0 Å². The summed E-state index contributed by atoms with van der Waals surface area (Å²) in [5.74, 6) is 4.92. The van der Waals surface area contributed by atoms with Gasteiger partial charge >= 0.3 is 0 Å². The molecule has 5 aliphatic rings. The number of hydrogen-bond donors (Lipinski definition) is 8. The Balaban J connectivity index is 0.000000158. The van der Waals surface area contributed by atoms with Crippen LogP contribution in [0.3, 0.4) is 0 Å². The Morgan fingerprint density at radius 2 is 0.887 bits per heavy atom. The molecule has 0 heterocycles. The first-order chi connectivity index (χ1) is 59.1. The van der Waals surface area contributed by atoms with Crippen molar-refractivity contribution in [3.63, 3.8) is 0 Å². The summed E-state index contributed by atoms with van der Waals surface area (Å²) in [6.07, 6.45) is 15.2. The Kier molecular flexibility index (Phi) is 33.2. The zero-order valence-electron chi connectivity index (χ0n) is 77.4. The average Bonchev–Trinajstić information content (AvgIpc) is 0.756. The number of phenolic OH excluding ortho intramolecular Hbond substituents is 6. The predicted octanol–water partition coefficient (Wildman–Crippen LogP) is 26.8. The molecule has 13 nitrogen and oxygen atoms in total. The summed E-state index contributed by atoms with van der Waals surface area (Å²) in [6, 6.07) is 69.1. The third kappa shape index (κ3) is 22.6. The van der Waals surface area contributed by atoms with E-state index in [9.17, 15) is 40.9 Å². The highest BCUT2D eigenvalue weighted by atomic mass is 16.5. The fourth-order valence-electron chi connectivity index (χ4n) is 19.1. The van der Waals surface area contributed by atoms with Gasteiger partial charge < -0.3 is 64.5 Å². The highest BCUT2D eigenvalue weighted by Crippen LogP contribution is 2.62. The molecule has 5 fully saturated rings. The minimum absolute atomic E-state index is 0.0518. The predicted molar refractivity (Wildman–Crippen MR) is 506 cm³/mol. The molecule has 11 aromatic carbocycles. The van der Waals surface area contributed by atoms with Crippen LogP contribution >= 0.6 is 0 Å². The molecule has 662 valence electrons. The van der Waals surface area contributed by atoms with E-state index < -0.39 is 0 Å². The lowest BCUT2D eigenvalue weighted by Crippen LogP contribution is -2.48. The SMILES string of the molecule is CCC(C)(C)c1cc(CO)c(O)c(C(C)(C)CC)c1.CCOCc1cc(C)cc(C23CC4CC(CC(C4)C2)C3)c1O.COC(C)c1c(C)c(O)c(C)c(C)c1O.COCc1cc(C(C)(C)c2ccccc2)cc(C(C)(C)c2ccccc2)c1O.COCc1ccc(O)c2ccccc12.Oc1c(-c2ccccc2)cc(COC2CCCC2)cc1-c1ccccc1. The number of aliphatic hydroxyl groups excluding tert-OH is 1. The Morgan fingerprint density at radius 1 is 0.419 bits per heavy atom. The fourth-order valence-corrected chi connectivity index (χ4v) is 19.1. The van der Waals surface area contributed by atoms with Crippen molar-refractivity contribution in [2.45, 2.75) is 260 Å². The molecular formula is C111H140O13. The highest BCUT2D eigenvalue weighted by molar-refractivity contribution is 5.90. The van der Waals surface area contributed by atoms with Crippen LogP contribution in [0.15, 0.2) is 206 Å². The number of phenols is 7. The van der Waals surface area contributed by atoms with Crippen LogP contribution in [0.5, 0.6) is 40.2 Å². The Morgan fingerprint density at radius 3 is 1.40 bits per heavy atom. The smallest absolute Gasteiger partial charge is 0.131 e. The quantitative estimate of drug-likeness (QED) is 0.0265. The van der Waals surface area contributed by atoms with Gasteiger partial charge in [0, 0.05) is 99.8 Å². The molecule has 124 heavy (non-hydrogen) atoms. The maximum Gasteiger partial charge on any atom is 0.131 e. The first kappa shape index (κ1) is 96.3. The van der Waals surface area contributed by atoms with Gasteiger partial charge in [0.1, 0.15) is 40.2 Å². The van der Waals surface area contributed by atoms with Gasteiger partial charge in [-0.05, 0) is 231 Å². The van der Waals surface area contributed by atoms with E-state index in [4.69, 9.17) is 23.7 Å². The molecule has 1 unspecified atom stereocenters. The highest BCUT2D eigenvalue weighted by Gasteiger charge is 2.53. The van der Waals surface area contributed by atoms with Crippen LogP contribution in [0.2, 0.25) is 0 Å². The number of rotatable bonds is 24. The van der Waals surface area contributed by atoms with Crippen molar-refractivity contribution < 1.29 is 64.5 Å². The van der Waals surface area contributed by atoms with Crippen LogP contribution in [-0.2, 0) is 83.8 Å². The first-order valence-electron chi connectivity index (χ1n) is 44.8. The summed E-state index contributed by atoms with van der Waals surface area (Å²) in [4.78, 5) is 0. The lowest BCUT2D eigenvalue weighted by molar-refractivity contribution is -0.00631. The van der Waals surface area contributed by atoms with Crippen LogP contribution in [0.1, 0.15) is 261 Å². The number of aromatic hydroxyl groups is 7. The van der Waals surface area contributed by atoms with Crippen LogP contribution in [0.25, 0.3) is 33.0 Å². The number of hydrogen-bond acceptors (Lipinski definition) is 13. The number of aliphatic hydroxyl groups is 1. The molecule has 0 saturated heterocycles. The van der Waals surface area contributed by atoms with Crippen molar-refractivity contribution in [2.75, 3.05) is 27.9 Å². The van der Waals surface area contributed by atoms with Crippen molar-refractivity contribution in [3.05, 3.63) is 301 Å². The molecule has 0 radical (unpaired) electrons. The van der Waals surface area contributed by atoms with Gasteiger partial charge in [-0.15, -0.1) is 0 Å². The third-order valence-corrected chi connectivity index (χ3v) is 27.4. The van der Waals surface area contributed by atoms with Crippen molar-refractivity contribution in [1.82, 2.24) is 0 Å². The molecule has 5 aliphatic carbocycles. The monoisotopic (exact) mass is 1680 g/mol. The average molecular weight is 1680 g/mol. The number of fused-ring (bicyclic) bond motifs is 1. The second-order valence-corrected chi connectivity index (χ2v) is 37.3. The minimum Gasteiger partial charge on any atom is -0.507 e. The first-order valence-corrected chi connectivity index (χ1v) is 44.8. The number of ether oxygens (including phenoxy) is 5. The third-order valence-electron chi connectivity index (χ3n) is 27.4. The van der Waals surface area contributed by atoms with Gasteiger partial charge in [0.05, 0.1) is 45.2 Å². The molecule has 4 bridgehead atoms. The Hall–Kier alpha value is -9.96. The molecule has 1 atom stereocenters. The van der Waals surface area contributed by atoms with Gasteiger partial charge in [-0.1, -0.05) is 264 Å². The van der Waals surface area contributed by atoms with E-state index in [2.05, 4.69) is 155 Å². The summed E-state index contributed by atoms with van der Waals surface area (Å²) in [6.45, 7) is 35.7. The largest absolute Gasteiger partial charge is 0.507 e. The topological polar surface area (TPSA) is 208 Å². The minimum atomic E-state index is -0.337. The van der Waals surface area contributed by atoms with Gasteiger partial charge in [-0.25, -0.2) is 0 Å². The second kappa shape index (κ2) is 42.8. The molecule has 11 aromatic rings. The number of benzene rings is 11. The Labute approximate surface area is 740 Å². The van der Waals surface area contributed by atoms with E-state index in [-0.39, 0.29) is 57.0 Å². The molecule has 0 spiro atoms. The maximum absolute atomic E-state index is 11.1. The molecule has 0 aromatic heterocycles. The van der Waals surface area contributed by atoms with Gasteiger partial charge in [-0.2, -0.15) is 0 Å². The number of aryl methyl sites for hydroxylation is 1. The molecule has 5 saturated carbocycles. The summed E-state index contributed by atoms with van der Waals surface area (Å²) in [5, 5.41) is 84.2. The molecular weight excluding hydrogens is 1540 g/mol. The zero-order chi connectivity index (χ0) is 90.0. The summed E-state index contributed by atoms with van der Waals surface area (Å²) < 4.78 is 27.4. The summed E-state index contributed by atoms with van der Waals surface area (Å²) in [5.41, 5.74) is 20.0. The fraction of sp³-hybridized carbons (Fsp3) is 0.423. The van der Waals surface area contributed by atoms with Crippen LogP contribution in [-0.4, -0.2) is 74.9 Å². The van der Waals surface area contributed by atoms with Gasteiger partial charge in [0.25, 0.3) is 0 Å². The van der Waals surface area contributed by atoms with Gasteiger partial charge in [0.2, 0.25) is 0 Å². The summed E-state index contributed by atoms with van der Waals surface area (Å²) in [7, 11) is 4.91. The van der Waals surface area contributed by atoms with Crippen molar-refractivity contribution >= 4 is 10.8 Å². The zero-order valence-corrected chi connectivity index (χ0v) is 77.4. The van der Waals surface area contributed by atoms with Crippen LogP contribution in [0, 0.1) is 45.4 Å². The van der Waals surface area contributed by atoms with E-state index >= 15 is 0 Å². The molecule has 13 heteroatoms. The lowest BCUT2D eigenvalue weighted by Gasteiger charge is -2.57.